The van der Waals surface area contributed by atoms with E-state index in [0.717, 1.165) is 68.2 Å². The Morgan fingerprint density at radius 2 is 1.85 bits per heavy atom. The lowest BCUT2D eigenvalue weighted by molar-refractivity contribution is 0.330. The number of guanidine groups is 1. The second-order valence-electron chi connectivity index (χ2n) is 9.05. The average Bonchev–Trinajstić information content (AvgIpc) is 3.17. The van der Waals surface area contributed by atoms with Gasteiger partial charge in [-0.25, -0.2) is 9.97 Å². The maximum atomic E-state index is 5.39. The molecular formula is C27H35N7. The van der Waals surface area contributed by atoms with Crippen LogP contribution in [0.3, 0.4) is 0 Å². The predicted octanol–water partition coefficient (Wildman–Crippen LogP) is 3.34. The van der Waals surface area contributed by atoms with Crippen molar-refractivity contribution >= 4 is 11.8 Å². The van der Waals surface area contributed by atoms with Gasteiger partial charge in [0, 0.05) is 31.5 Å². The molecule has 4 rings (SSSR count). The number of anilines is 1. The van der Waals surface area contributed by atoms with Gasteiger partial charge in [0.25, 0.3) is 0 Å². The van der Waals surface area contributed by atoms with Crippen molar-refractivity contribution in [2.75, 3.05) is 38.5 Å². The van der Waals surface area contributed by atoms with Crippen LogP contribution in [0.15, 0.2) is 53.5 Å². The van der Waals surface area contributed by atoms with E-state index < -0.39 is 0 Å². The van der Waals surface area contributed by atoms with E-state index in [1.165, 1.54) is 22.3 Å². The van der Waals surface area contributed by atoms with Gasteiger partial charge in [-0.15, -0.1) is 0 Å². The predicted molar refractivity (Wildman–Crippen MR) is 140 cm³/mol. The Bertz CT molecular complexity index is 1140. The van der Waals surface area contributed by atoms with Gasteiger partial charge in [-0.05, 0) is 56.6 Å². The highest BCUT2D eigenvalue weighted by Crippen LogP contribution is 2.40. The number of nitrogens with two attached hydrogens (primary N) is 2. The molecule has 3 aromatic rings. The minimum atomic E-state index is 0.160. The first kappa shape index (κ1) is 23.7. The standard InChI is InChI=1S/C27H35N7/c1-19-10-11-22-21(16-19)18-23-25(22)26(33-24(32-23)17-20-8-4-3-5-9-20)30-12-6-14-34(2)15-7-13-31-27(28)29/h3-5,8-11,16H,6-7,12-15,17-18H2,1-2H3,(H4,28,29,31)(H,30,32,33). The lowest BCUT2D eigenvalue weighted by atomic mass is 10.0. The first-order valence-corrected chi connectivity index (χ1v) is 12.0. The molecule has 2 aromatic carbocycles. The molecule has 0 atom stereocenters. The summed E-state index contributed by atoms with van der Waals surface area (Å²) >= 11 is 0. The second kappa shape index (κ2) is 11.1. The Hall–Kier alpha value is -3.45. The normalized spacial score (nSPS) is 11.9. The molecule has 0 spiro atoms. The first-order chi connectivity index (χ1) is 16.5. The zero-order valence-electron chi connectivity index (χ0n) is 20.2. The zero-order chi connectivity index (χ0) is 23.9. The molecule has 0 aliphatic heterocycles. The van der Waals surface area contributed by atoms with E-state index in [0.29, 0.717) is 6.54 Å². The minimum Gasteiger partial charge on any atom is -0.370 e. The molecule has 1 aliphatic carbocycles. The van der Waals surface area contributed by atoms with Crippen LogP contribution < -0.4 is 16.8 Å². The van der Waals surface area contributed by atoms with E-state index in [1.54, 1.807) is 0 Å². The van der Waals surface area contributed by atoms with Crippen LogP contribution in [0.1, 0.15) is 41.1 Å². The van der Waals surface area contributed by atoms with Crippen LogP contribution in [0.2, 0.25) is 0 Å². The van der Waals surface area contributed by atoms with Crippen molar-refractivity contribution in [3.05, 3.63) is 76.7 Å². The van der Waals surface area contributed by atoms with Gasteiger partial charge < -0.3 is 21.7 Å². The Morgan fingerprint density at radius 3 is 2.65 bits per heavy atom. The number of benzene rings is 2. The Kier molecular flexibility index (Phi) is 7.75. The van der Waals surface area contributed by atoms with Crippen molar-refractivity contribution in [1.82, 2.24) is 14.9 Å². The van der Waals surface area contributed by atoms with Crippen LogP contribution in [0.5, 0.6) is 0 Å². The van der Waals surface area contributed by atoms with Gasteiger partial charge in [-0.1, -0.05) is 54.1 Å². The van der Waals surface area contributed by atoms with E-state index in [9.17, 15) is 0 Å². The number of nitrogens with zero attached hydrogens (tertiary/aromatic N) is 4. The number of aliphatic imine (C=N–C) groups is 1. The summed E-state index contributed by atoms with van der Waals surface area (Å²) < 4.78 is 0. The molecule has 0 unspecified atom stereocenters. The molecule has 0 fully saturated rings. The molecule has 7 heteroatoms. The molecule has 1 heterocycles. The molecule has 0 amide bonds. The monoisotopic (exact) mass is 457 g/mol. The van der Waals surface area contributed by atoms with E-state index in [1.807, 2.05) is 6.07 Å². The molecule has 34 heavy (non-hydrogen) atoms. The molecule has 5 N–H and O–H groups in total. The Morgan fingerprint density at radius 1 is 1.06 bits per heavy atom. The first-order valence-electron chi connectivity index (χ1n) is 12.0. The SMILES string of the molecule is Cc1ccc2c(c1)Cc1nc(Cc3ccccc3)nc(NCCCN(C)CCCN=C(N)N)c1-2. The highest BCUT2D eigenvalue weighted by molar-refractivity contribution is 5.84. The van der Waals surface area contributed by atoms with Crippen LogP contribution in [-0.2, 0) is 12.8 Å². The largest absolute Gasteiger partial charge is 0.370 e. The Labute approximate surface area is 202 Å². The third-order valence-corrected chi connectivity index (χ3v) is 6.12. The number of rotatable bonds is 11. The van der Waals surface area contributed by atoms with Crippen molar-refractivity contribution in [2.45, 2.75) is 32.6 Å². The van der Waals surface area contributed by atoms with Crippen LogP contribution in [-0.4, -0.2) is 54.1 Å². The molecule has 0 saturated heterocycles. The fraction of sp³-hybridized carbons (Fsp3) is 0.370. The summed E-state index contributed by atoms with van der Waals surface area (Å²) in [7, 11) is 2.13. The van der Waals surface area contributed by atoms with Crippen molar-refractivity contribution in [3.8, 4) is 11.1 Å². The summed E-state index contributed by atoms with van der Waals surface area (Å²) in [6, 6.07) is 17.1. The smallest absolute Gasteiger partial charge is 0.185 e. The molecule has 7 nitrogen and oxygen atoms in total. The lowest BCUT2D eigenvalue weighted by Gasteiger charge is -2.17. The van der Waals surface area contributed by atoms with E-state index in [2.05, 4.69) is 71.6 Å². The van der Waals surface area contributed by atoms with E-state index in [-0.39, 0.29) is 5.96 Å². The van der Waals surface area contributed by atoms with Gasteiger partial charge in [0.1, 0.15) is 11.6 Å². The minimum absolute atomic E-state index is 0.160. The summed E-state index contributed by atoms with van der Waals surface area (Å²) in [4.78, 5) is 16.3. The summed E-state index contributed by atoms with van der Waals surface area (Å²) in [6.07, 6.45) is 3.56. The molecule has 1 aliphatic rings. The molecule has 178 valence electrons. The average molecular weight is 458 g/mol. The molecule has 0 saturated carbocycles. The molecule has 0 bridgehead atoms. The lowest BCUT2D eigenvalue weighted by Crippen LogP contribution is -2.25. The zero-order valence-corrected chi connectivity index (χ0v) is 20.2. The number of fused-ring (bicyclic) bond motifs is 3. The van der Waals surface area contributed by atoms with Crippen molar-refractivity contribution in [1.29, 1.82) is 0 Å². The fourth-order valence-corrected chi connectivity index (χ4v) is 4.46. The number of nitrogens with one attached hydrogen (secondary N) is 1. The highest BCUT2D eigenvalue weighted by atomic mass is 15.1. The van der Waals surface area contributed by atoms with Gasteiger partial charge in [-0.3, -0.25) is 4.99 Å². The molecule has 1 aromatic heterocycles. The number of aryl methyl sites for hydroxylation is 1. The molecular weight excluding hydrogens is 422 g/mol. The summed E-state index contributed by atoms with van der Waals surface area (Å²) in [5.74, 6) is 1.98. The van der Waals surface area contributed by atoms with Crippen molar-refractivity contribution in [3.63, 3.8) is 0 Å². The maximum Gasteiger partial charge on any atom is 0.185 e. The number of aromatic nitrogens is 2. The number of hydrogen-bond acceptors (Lipinski definition) is 5. The van der Waals surface area contributed by atoms with Gasteiger partial charge >= 0.3 is 0 Å². The topological polar surface area (TPSA) is 105 Å². The van der Waals surface area contributed by atoms with Crippen molar-refractivity contribution < 1.29 is 0 Å². The van der Waals surface area contributed by atoms with Crippen LogP contribution in [0, 0.1) is 6.92 Å². The van der Waals surface area contributed by atoms with Gasteiger partial charge in [0.2, 0.25) is 0 Å². The number of hydrogen-bond donors (Lipinski definition) is 3. The fourth-order valence-electron chi connectivity index (χ4n) is 4.46. The van der Waals surface area contributed by atoms with Crippen LogP contribution in [0.4, 0.5) is 5.82 Å². The highest BCUT2D eigenvalue weighted by Gasteiger charge is 2.25. The van der Waals surface area contributed by atoms with Crippen LogP contribution >= 0.6 is 0 Å². The third kappa shape index (κ3) is 6.11. The summed E-state index contributed by atoms with van der Waals surface area (Å²) in [5.41, 5.74) is 18.2. The van der Waals surface area contributed by atoms with Crippen molar-refractivity contribution in [2.24, 2.45) is 16.5 Å². The van der Waals surface area contributed by atoms with Gasteiger partial charge in [0.15, 0.2) is 5.96 Å². The summed E-state index contributed by atoms with van der Waals surface area (Å²) in [6.45, 7) is 5.62. The van der Waals surface area contributed by atoms with E-state index in [4.69, 9.17) is 21.4 Å². The maximum absolute atomic E-state index is 5.39. The quantitative estimate of drug-likeness (QED) is 0.181. The van der Waals surface area contributed by atoms with Gasteiger partial charge in [-0.2, -0.15) is 0 Å². The van der Waals surface area contributed by atoms with Crippen LogP contribution in [0.25, 0.3) is 11.1 Å². The Balaban J connectivity index is 1.44. The molecule has 0 radical (unpaired) electrons. The second-order valence-corrected chi connectivity index (χ2v) is 9.05. The third-order valence-electron chi connectivity index (χ3n) is 6.12. The van der Waals surface area contributed by atoms with E-state index >= 15 is 0 Å². The van der Waals surface area contributed by atoms with Gasteiger partial charge in [0.05, 0.1) is 5.69 Å². The summed E-state index contributed by atoms with van der Waals surface area (Å²) in [5, 5.41) is 3.63.